The summed E-state index contributed by atoms with van der Waals surface area (Å²) in [4.78, 5) is 16.6. The quantitative estimate of drug-likeness (QED) is 0.685. The Hall–Kier alpha value is -1.23. The Labute approximate surface area is 90.8 Å². The molecule has 1 aliphatic rings. The van der Waals surface area contributed by atoms with E-state index in [1.54, 1.807) is 12.3 Å². The summed E-state index contributed by atoms with van der Waals surface area (Å²) in [6.07, 6.45) is 2.42. The highest BCUT2D eigenvalue weighted by Gasteiger charge is 2.15. The van der Waals surface area contributed by atoms with Gasteiger partial charge in [0.05, 0.1) is 11.9 Å². The number of nitrogens with zero attached hydrogens (tertiary/aromatic N) is 2. The third-order valence-corrected chi connectivity index (χ3v) is 3.71. The Balaban J connectivity index is 2.09. The van der Waals surface area contributed by atoms with Crippen LogP contribution in [0.4, 0.5) is 5.69 Å². The van der Waals surface area contributed by atoms with Gasteiger partial charge in [-0.1, -0.05) is 0 Å². The van der Waals surface area contributed by atoms with Crippen molar-refractivity contribution in [3.8, 4) is 0 Å². The van der Waals surface area contributed by atoms with Crippen molar-refractivity contribution < 1.29 is 9.00 Å². The molecule has 80 valence electrons. The maximum atomic E-state index is 11.2. The summed E-state index contributed by atoms with van der Waals surface area (Å²) in [6, 6.07) is 3.58. The van der Waals surface area contributed by atoms with E-state index in [2.05, 4.69) is 9.88 Å². The zero-order valence-corrected chi connectivity index (χ0v) is 9.07. The fourth-order valence-electron chi connectivity index (χ4n) is 1.55. The number of carbonyl (C=O) groups is 1. The summed E-state index contributed by atoms with van der Waals surface area (Å²) in [5, 5.41) is 0. The number of rotatable bonds is 2. The molecule has 0 spiro atoms. The molecule has 15 heavy (non-hydrogen) atoms. The number of aromatic nitrogens is 1. The van der Waals surface area contributed by atoms with Crippen LogP contribution < -0.4 is 4.90 Å². The van der Waals surface area contributed by atoms with Crippen LogP contribution in [0.3, 0.4) is 0 Å². The molecule has 0 atom stereocenters. The molecule has 0 saturated carbocycles. The van der Waals surface area contributed by atoms with Crippen LogP contribution in [0.1, 0.15) is 10.5 Å². The molecular formula is C10H12N2O2S. The molecule has 1 fully saturated rings. The Morgan fingerprint density at radius 3 is 2.60 bits per heavy atom. The van der Waals surface area contributed by atoms with Crippen LogP contribution in [0.25, 0.3) is 0 Å². The zero-order chi connectivity index (χ0) is 10.7. The largest absolute Gasteiger partial charge is 0.368 e. The van der Waals surface area contributed by atoms with Gasteiger partial charge in [0.25, 0.3) is 0 Å². The van der Waals surface area contributed by atoms with Crippen LogP contribution in [0.5, 0.6) is 0 Å². The van der Waals surface area contributed by atoms with Crippen LogP contribution >= 0.6 is 0 Å². The van der Waals surface area contributed by atoms with E-state index in [1.807, 2.05) is 6.07 Å². The summed E-state index contributed by atoms with van der Waals surface area (Å²) in [5.74, 6) is 1.44. The van der Waals surface area contributed by atoms with Crippen LogP contribution in [0.2, 0.25) is 0 Å². The van der Waals surface area contributed by atoms with Gasteiger partial charge in [-0.2, -0.15) is 0 Å². The molecule has 1 aromatic rings. The van der Waals surface area contributed by atoms with Gasteiger partial charge in [-0.25, -0.2) is 0 Å². The molecule has 0 aromatic carbocycles. The van der Waals surface area contributed by atoms with E-state index in [1.165, 1.54) is 0 Å². The summed E-state index contributed by atoms with van der Waals surface area (Å²) in [7, 11) is -0.659. The number of anilines is 1. The molecule has 1 aliphatic heterocycles. The lowest BCUT2D eigenvalue weighted by Crippen LogP contribution is -2.37. The monoisotopic (exact) mass is 224 g/mol. The highest BCUT2D eigenvalue weighted by molar-refractivity contribution is 7.85. The highest BCUT2D eigenvalue weighted by atomic mass is 32.2. The first-order valence-corrected chi connectivity index (χ1v) is 6.29. The Morgan fingerprint density at radius 2 is 2.07 bits per heavy atom. The van der Waals surface area contributed by atoms with Gasteiger partial charge >= 0.3 is 0 Å². The molecular weight excluding hydrogens is 212 g/mol. The van der Waals surface area contributed by atoms with Gasteiger partial charge in [0.15, 0.2) is 6.29 Å². The lowest BCUT2D eigenvalue weighted by atomic mass is 10.3. The molecule has 4 nitrogen and oxygen atoms in total. The summed E-state index contributed by atoms with van der Waals surface area (Å²) >= 11 is 0. The van der Waals surface area contributed by atoms with Gasteiger partial charge in [-0.15, -0.1) is 0 Å². The lowest BCUT2D eigenvalue weighted by Gasteiger charge is -2.27. The van der Waals surface area contributed by atoms with Crippen molar-refractivity contribution in [1.29, 1.82) is 0 Å². The van der Waals surface area contributed by atoms with Crippen molar-refractivity contribution in [2.75, 3.05) is 29.5 Å². The van der Waals surface area contributed by atoms with Crippen molar-refractivity contribution >= 4 is 22.8 Å². The molecule has 0 N–H and O–H groups in total. The van der Waals surface area contributed by atoms with Crippen LogP contribution in [-0.4, -0.2) is 40.1 Å². The van der Waals surface area contributed by atoms with E-state index in [-0.39, 0.29) is 0 Å². The average molecular weight is 224 g/mol. The highest BCUT2D eigenvalue weighted by Crippen LogP contribution is 2.14. The normalized spacial score (nSPS) is 17.7. The average Bonchev–Trinajstić information content (AvgIpc) is 2.30. The first-order valence-electron chi connectivity index (χ1n) is 4.81. The molecule has 1 aromatic heterocycles. The van der Waals surface area contributed by atoms with Gasteiger partial charge in [-0.05, 0) is 12.1 Å². The van der Waals surface area contributed by atoms with Crippen molar-refractivity contribution in [2.45, 2.75) is 0 Å². The standard InChI is InChI=1S/C10H12N2O2S/c13-8-9-1-2-10(7-11-9)12-3-5-15(14)6-4-12/h1-2,7-8H,3-6H2. The minimum Gasteiger partial charge on any atom is -0.368 e. The molecule has 0 radical (unpaired) electrons. The molecule has 5 heteroatoms. The first kappa shape index (κ1) is 10.3. The van der Waals surface area contributed by atoms with Gasteiger partial charge in [0.1, 0.15) is 5.69 Å². The van der Waals surface area contributed by atoms with Crippen LogP contribution in [0, 0.1) is 0 Å². The molecule has 0 bridgehead atoms. The van der Waals surface area contributed by atoms with Crippen LogP contribution in [0.15, 0.2) is 18.3 Å². The SMILES string of the molecule is O=Cc1ccc(N2CCS(=O)CC2)cn1. The molecule has 1 saturated heterocycles. The number of carbonyl (C=O) groups excluding carboxylic acids is 1. The van der Waals surface area contributed by atoms with E-state index < -0.39 is 10.8 Å². The summed E-state index contributed by atoms with van der Waals surface area (Å²) in [5.41, 5.74) is 1.44. The maximum absolute atomic E-state index is 11.2. The smallest absolute Gasteiger partial charge is 0.168 e. The van der Waals surface area contributed by atoms with Gasteiger partial charge in [-0.3, -0.25) is 14.0 Å². The molecule has 0 aliphatic carbocycles. The van der Waals surface area contributed by atoms with Gasteiger partial charge < -0.3 is 4.90 Å². The minimum absolute atomic E-state index is 0.444. The second kappa shape index (κ2) is 4.53. The Kier molecular flexibility index (Phi) is 3.11. The maximum Gasteiger partial charge on any atom is 0.168 e. The number of pyridine rings is 1. The zero-order valence-electron chi connectivity index (χ0n) is 8.26. The number of hydrogen-bond acceptors (Lipinski definition) is 4. The molecule has 0 amide bonds. The third-order valence-electron chi connectivity index (χ3n) is 2.43. The Morgan fingerprint density at radius 1 is 1.33 bits per heavy atom. The van der Waals surface area contributed by atoms with E-state index in [0.29, 0.717) is 5.69 Å². The lowest BCUT2D eigenvalue weighted by molar-refractivity contribution is 0.111. The Bertz CT molecular complexity index is 368. The molecule has 2 heterocycles. The number of aldehydes is 1. The van der Waals surface area contributed by atoms with E-state index in [9.17, 15) is 9.00 Å². The summed E-state index contributed by atoms with van der Waals surface area (Å²) in [6.45, 7) is 1.60. The van der Waals surface area contributed by atoms with E-state index in [4.69, 9.17) is 0 Å². The van der Waals surface area contributed by atoms with Crippen molar-refractivity contribution in [2.24, 2.45) is 0 Å². The van der Waals surface area contributed by atoms with Gasteiger partial charge in [0, 0.05) is 35.4 Å². The van der Waals surface area contributed by atoms with Crippen molar-refractivity contribution in [3.63, 3.8) is 0 Å². The van der Waals surface area contributed by atoms with Gasteiger partial charge in [0.2, 0.25) is 0 Å². The second-order valence-electron chi connectivity index (χ2n) is 3.39. The fraction of sp³-hybridized carbons (Fsp3) is 0.400. The summed E-state index contributed by atoms with van der Waals surface area (Å²) < 4.78 is 11.2. The number of hydrogen-bond donors (Lipinski definition) is 0. The molecule has 0 unspecified atom stereocenters. The fourth-order valence-corrected chi connectivity index (χ4v) is 2.60. The second-order valence-corrected chi connectivity index (χ2v) is 5.09. The minimum atomic E-state index is -0.659. The van der Waals surface area contributed by atoms with E-state index >= 15 is 0 Å². The topological polar surface area (TPSA) is 50.3 Å². The van der Waals surface area contributed by atoms with Crippen molar-refractivity contribution in [1.82, 2.24) is 4.98 Å². The first-order chi connectivity index (χ1) is 7.29. The van der Waals surface area contributed by atoms with Crippen molar-refractivity contribution in [3.05, 3.63) is 24.0 Å². The predicted octanol–water partition coefficient (Wildman–Crippen LogP) is 0.463. The van der Waals surface area contributed by atoms with E-state index in [0.717, 1.165) is 36.6 Å². The third kappa shape index (κ3) is 2.41. The molecule has 2 rings (SSSR count). The predicted molar refractivity (Wildman–Crippen MR) is 59.7 cm³/mol. The van der Waals surface area contributed by atoms with Crippen LogP contribution in [-0.2, 0) is 10.8 Å².